The van der Waals surface area contributed by atoms with Crippen molar-refractivity contribution in [2.75, 3.05) is 20.8 Å². The van der Waals surface area contributed by atoms with Crippen LogP contribution in [0.2, 0.25) is 0 Å². The summed E-state index contributed by atoms with van der Waals surface area (Å²) in [6.45, 7) is 1.28. The largest absolute Gasteiger partial charge is 0.472 e. The molecule has 1 aromatic heterocycles. The number of carbonyl (C=O) groups is 1. The summed E-state index contributed by atoms with van der Waals surface area (Å²) < 4.78 is 10.1. The third-order valence-corrected chi connectivity index (χ3v) is 3.45. The van der Waals surface area contributed by atoms with Crippen molar-refractivity contribution in [3.8, 4) is 0 Å². The molecule has 2 rings (SSSR count). The highest BCUT2D eigenvalue weighted by molar-refractivity contribution is 5.74. The molecular weight excluding hydrogens is 232 g/mol. The molecule has 1 aliphatic carbocycles. The summed E-state index contributed by atoms with van der Waals surface area (Å²) in [5.74, 6) is 0.460. The molecular formula is C13H20N2O3. The molecule has 18 heavy (non-hydrogen) atoms. The number of urea groups is 1. The van der Waals surface area contributed by atoms with Gasteiger partial charge in [-0.1, -0.05) is 0 Å². The van der Waals surface area contributed by atoms with Crippen LogP contribution in [0.15, 0.2) is 23.0 Å². The summed E-state index contributed by atoms with van der Waals surface area (Å²) in [5, 5.41) is 3.04. The maximum Gasteiger partial charge on any atom is 0.317 e. The monoisotopic (exact) mass is 252 g/mol. The van der Waals surface area contributed by atoms with Crippen LogP contribution in [0.3, 0.4) is 0 Å². The molecule has 1 heterocycles. The molecule has 1 aromatic rings. The minimum absolute atomic E-state index is 0.0398. The van der Waals surface area contributed by atoms with Crippen LogP contribution < -0.4 is 5.32 Å². The van der Waals surface area contributed by atoms with Crippen LogP contribution in [0.4, 0.5) is 4.79 Å². The van der Waals surface area contributed by atoms with Crippen molar-refractivity contribution < 1.29 is 13.9 Å². The Morgan fingerprint density at radius 2 is 2.44 bits per heavy atom. The van der Waals surface area contributed by atoms with Gasteiger partial charge in [0, 0.05) is 31.7 Å². The normalized spacial score (nSPS) is 22.3. The molecule has 1 saturated carbocycles. The van der Waals surface area contributed by atoms with Gasteiger partial charge in [-0.15, -0.1) is 0 Å². The molecule has 1 aliphatic rings. The van der Waals surface area contributed by atoms with Crippen LogP contribution in [-0.2, 0) is 11.3 Å². The van der Waals surface area contributed by atoms with E-state index in [-0.39, 0.29) is 12.1 Å². The van der Waals surface area contributed by atoms with Gasteiger partial charge in [0.05, 0.1) is 25.7 Å². The average Bonchev–Trinajstić information content (AvgIpc) is 2.84. The third kappa shape index (κ3) is 3.04. The highest BCUT2D eigenvalue weighted by Crippen LogP contribution is 2.27. The van der Waals surface area contributed by atoms with E-state index in [4.69, 9.17) is 9.15 Å². The topological polar surface area (TPSA) is 54.7 Å². The van der Waals surface area contributed by atoms with Crippen molar-refractivity contribution in [3.05, 3.63) is 24.2 Å². The van der Waals surface area contributed by atoms with Gasteiger partial charge >= 0.3 is 6.03 Å². The van der Waals surface area contributed by atoms with Crippen molar-refractivity contribution in [2.45, 2.75) is 25.4 Å². The Kier molecular flexibility index (Phi) is 4.25. The van der Waals surface area contributed by atoms with Gasteiger partial charge in [0.15, 0.2) is 0 Å². The molecule has 2 atom stereocenters. The van der Waals surface area contributed by atoms with E-state index in [0.717, 1.165) is 25.0 Å². The van der Waals surface area contributed by atoms with E-state index in [2.05, 4.69) is 5.32 Å². The minimum atomic E-state index is -0.0398. The standard InChI is InChI=1S/C13H20N2O3/c1-15(7-10-5-6-18-8-10)13(16)14-12-4-3-11(12)9-17-2/h5-6,8,11-12H,3-4,7,9H2,1-2H3,(H,14,16)/t11-,12-/m1/s1. The van der Waals surface area contributed by atoms with Crippen molar-refractivity contribution in [3.63, 3.8) is 0 Å². The summed E-state index contributed by atoms with van der Waals surface area (Å²) in [4.78, 5) is 13.6. The number of hydrogen-bond acceptors (Lipinski definition) is 3. The summed E-state index contributed by atoms with van der Waals surface area (Å²) in [6.07, 6.45) is 5.44. The lowest BCUT2D eigenvalue weighted by atomic mass is 9.80. The number of methoxy groups -OCH3 is 1. The van der Waals surface area contributed by atoms with Gasteiger partial charge in [0.1, 0.15) is 0 Å². The molecule has 0 radical (unpaired) electrons. The van der Waals surface area contributed by atoms with E-state index in [1.54, 1.807) is 31.6 Å². The first-order chi connectivity index (χ1) is 8.70. The molecule has 5 heteroatoms. The van der Waals surface area contributed by atoms with Gasteiger partial charge < -0.3 is 19.4 Å². The first kappa shape index (κ1) is 13.0. The first-order valence-corrected chi connectivity index (χ1v) is 6.22. The number of furan rings is 1. The summed E-state index contributed by atoms with van der Waals surface area (Å²) in [7, 11) is 3.48. The molecule has 2 amide bonds. The molecule has 0 aromatic carbocycles. The SMILES string of the molecule is COC[C@H]1CC[C@H]1NC(=O)N(C)Cc1ccoc1. The van der Waals surface area contributed by atoms with Crippen molar-refractivity contribution >= 4 is 6.03 Å². The number of amides is 2. The Hall–Kier alpha value is -1.49. The van der Waals surface area contributed by atoms with Gasteiger partial charge in [-0.3, -0.25) is 0 Å². The fourth-order valence-electron chi connectivity index (χ4n) is 2.17. The lowest BCUT2D eigenvalue weighted by molar-refractivity contribution is 0.0803. The number of nitrogens with one attached hydrogen (secondary N) is 1. The molecule has 0 bridgehead atoms. The molecule has 1 N–H and O–H groups in total. The molecule has 5 nitrogen and oxygen atoms in total. The highest BCUT2D eigenvalue weighted by Gasteiger charge is 2.32. The van der Waals surface area contributed by atoms with Crippen LogP contribution in [-0.4, -0.2) is 37.7 Å². The molecule has 0 unspecified atom stereocenters. The molecule has 0 spiro atoms. The van der Waals surface area contributed by atoms with Gasteiger partial charge in [-0.2, -0.15) is 0 Å². The van der Waals surface area contributed by atoms with Crippen LogP contribution in [0.25, 0.3) is 0 Å². The van der Waals surface area contributed by atoms with Gasteiger partial charge in [-0.25, -0.2) is 4.79 Å². The molecule has 0 saturated heterocycles. The fraction of sp³-hybridized carbons (Fsp3) is 0.615. The first-order valence-electron chi connectivity index (χ1n) is 6.22. The zero-order chi connectivity index (χ0) is 13.0. The van der Waals surface area contributed by atoms with Crippen molar-refractivity contribution in [1.29, 1.82) is 0 Å². The molecule has 0 aliphatic heterocycles. The molecule has 100 valence electrons. The minimum Gasteiger partial charge on any atom is -0.472 e. The van der Waals surface area contributed by atoms with E-state index in [1.807, 2.05) is 6.07 Å². The number of carbonyl (C=O) groups excluding carboxylic acids is 1. The van der Waals surface area contributed by atoms with Crippen molar-refractivity contribution in [2.24, 2.45) is 5.92 Å². The Balaban J connectivity index is 1.77. The molecule has 1 fully saturated rings. The number of rotatable bonds is 5. The lowest BCUT2D eigenvalue weighted by Gasteiger charge is -2.37. The predicted molar refractivity (Wildman–Crippen MR) is 67.1 cm³/mol. The second kappa shape index (κ2) is 5.91. The van der Waals surface area contributed by atoms with Crippen LogP contribution in [0, 0.1) is 5.92 Å². The van der Waals surface area contributed by atoms with Gasteiger partial charge in [0.25, 0.3) is 0 Å². The predicted octanol–water partition coefficient (Wildman–Crippen LogP) is 1.85. The Bertz CT molecular complexity index is 378. The van der Waals surface area contributed by atoms with E-state index in [9.17, 15) is 4.79 Å². The lowest BCUT2D eigenvalue weighted by Crippen LogP contribution is -2.51. The highest BCUT2D eigenvalue weighted by atomic mass is 16.5. The second-order valence-electron chi connectivity index (χ2n) is 4.84. The zero-order valence-corrected chi connectivity index (χ0v) is 10.9. The van der Waals surface area contributed by atoms with Crippen LogP contribution in [0.1, 0.15) is 18.4 Å². The van der Waals surface area contributed by atoms with Gasteiger partial charge in [-0.05, 0) is 18.9 Å². The number of nitrogens with zero attached hydrogens (tertiary/aromatic N) is 1. The summed E-state index contributed by atoms with van der Waals surface area (Å²) in [5.41, 5.74) is 0.995. The fourth-order valence-corrected chi connectivity index (χ4v) is 2.17. The maximum absolute atomic E-state index is 12.0. The number of ether oxygens (including phenoxy) is 1. The van der Waals surface area contributed by atoms with E-state index in [1.165, 1.54) is 0 Å². The number of hydrogen-bond donors (Lipinski definition) is 1. The third-order valence-electron chi connectivity index (χ3n) is 3.45. The Morgan fingerprint density at radius 1 is 1.61 bits per heavy atom. The second-order valence-corrected chi connectivity index (χ2v) is 4.84. The summed E-state index contributed by atoms with van der Waals surface area (Å²) >= 11 is 0. The van der Waals surface area contributed by atoms with Crippen molar-refractivity contribution in [1.82, 2.24) is 10.2 Å². The Morgan fingerprint density at radius 3 is 3.00 bits per heavy atom. The van der Waals surface area contributed by atoms with E-state index >= 15 is 0 Å². The van der Waals surface area contributed by atoms with Crippen LogP contribution >= 0.6 is 0 Å². The van der Waals surface area contributed by atoms with Gasteiger partial charge in [0.2, 0.25) is 0 Å². The average molecular weight is 252 g/mol. The summed E-state index contributed by atoms with van der Waals surface area (Å²) in [6, 6.07) is 2.08. The van der Waals surface area contributed by atoms with Crippen LogP contribution in [0.5, 0.6) is 0 Å². The zero-order valence-electron chi connectivity index (χ0n) is 10.9. The smallest absolute Gasteiger partial charge is 0.317 e. The maximum atomic E-state index is 12.0. The Labute approximate surface area is 107 Å². The van der Waals surface area contributed by atoms with E-state index in [0.29, 0.717) is 12.5 Å². The quantitative estimate of drug-likeness (QED) is 0.870. The van der Waals surface area contributed by atoms with E-state index < -0.39 is 0 Å².